The summed E-state index contributed by atoms with van der Waals surface area (Å²) in [6.07, 6.45) is -0.0859. The molecule has 0 aliphatic heterocycles. The third kappa shape index (κ3) is 7.10. The molecule has 1 unspecified atom stereocenters. The van der Waals surface area contributed by atoms with Gasteiger partial charge in [-0.3, -0.25) is 9.59 Å². The number of carbonyl (C=O) groups excluding carboxylic acids is 2. The molecule has 5 heteroatoms. The van der Waals surface area contributed by atoms with Gasteiger partial charge in [0.05, 0.1) is 18.6 Å². The van der Waals surface area contributed by atoms with Crippen LogP contribution in [0.15, 0.2) is 54.6 Å². The molecule has 0 saturated heterocycles. The summed E-state index contributed by atoms with van der Waals surface area (Å²) >= 11 is 1.84. The van der Waals surface area contributed by atoms with Crippen LogP contribution in [0.2, 0.25) is 0 Å². The molecule has 0 heterocycles. The van der Waals surface area contributed by atoms with E-state index in [9.17, 15) is 9.59 Å². The summed E-state index contributed by atoms with van der Waals surface area (Å²) in [6.45, 7) is 5.75. The SMILES string of the molecule is CCSCc1ccc(C(=O)NC(CC(=O)OC(C)C)c2ccccc2)cc1. The molecule has 4 nitrogen and oxygen atoms in total. The van der Waals surface area contributed by atoms with E-state index < -0.39 is 6.04 Å². The van der Waals surface area contributed by atoms with Gasteiger partial charge < -0.3 is 10.1 Å². The van der Waals surface area contributed by atoms with Gasteiger partial charge >= 0.3 is 5.97 Å². The third-order valence-electron chi connectivity index (χ3n) is 3.93. The summed E-state index contributed by atoms with van der Waals surface area (Å²) in [4.78, 5) is 24.8. The van der Waals surface area contributed by atoms with E-state index in [2.05, 4.69) is 12.2 Å². The smallest absolute Gasteiger partial charge is 0.308 e. The van der Waals surface area contributed by atoms with E-state index in [0.717, 1.165) is 17.1 Å². The summed E-state index contributed by atoms with van der Waals surface area (Å²) in [7, 11) is 0. The fraction of sp³-hybridized carbons (Fsp3) is 0.364. The molecule has 2 aromatic rings. The van der Waals surface area contributed by atoms with E-state index in [1.165, 1.54) is 5.56 Å². The van der Waals surface area contributed by atoms with Gasteiger partial charge in [0.2, 0.25) is 0 Å². The lowest BCUT2D eigenvalue weighted by Crippen LogP contribution is -2.31. The van der Waals surface area contributed by atoms with Crippen molar-refractivity contribution in [2.75, 3.05) is 5.75 Å². The highest BCUT2D eigenvalue weighted by Gasteiger charge is 2.20. The molecule has 0 radical (unpaired) electrons. The predicted octanol–water partition coefficient (Wildman–Crippen LogP) is 4.75. The molecule has 144 valence electrons. The minimum Gasteiger partial charge on any atom is -0.463 e. The topological polar surface area (TPSA) is 55.4 Å². The lowest BCUT2D eigenvalue weighted by atomic mass is 10.0. The minimum atomic E-state index is -0.430. The molecule has 0 aliphatic rings. The van der Waals surface area contributed by atoms with Gasteiger partial charge in [0.25, 0.3) is 5.91 Å². The summed E-state index contributed by atoms with van der Waals surface area (Å²) in [5, 5.41) is 2.97. The molecular formula is C22H27NO3S. The average Bonchev–Trinajstić information content (AvgIpc) is 2.66. The Labute approximate surface area is 165 Å². The Kier molecular flexibility index (Phi) is 8.40. The van der Waals surface area contributed by atoms with Gasteiger partial charge in [0, 0.05) is 11.3 Å². The molecule has 0 bridgehead atoms. The summed E-state index contributed by atoms with van der Waals surface area (Å²) in [5.41, 5.74) is 2.65. The van der Waals surface area contributed by atoms with Crippen molar-refractivity contribution >= 4 is 23.6 Å². The Morgan fingerprint density at radius 2 is 1.70 bits per heavy atom. The van der Waals surface area contributed by atoms with E-state index >= 15 is 0 Å². The van der Waals surface area contributed by atoms with Crippen LogP contribution in [0.4, 0.5) is 0 Å². The number of rotatable bonds is 9. The maximum atomic E-state index is 12.7. The van der Waals surface area contributed by atoms with Gasteiger partial charge in [-0.2, -0.15) is 11.8 Å². The molecule has 0 spiro atoms. The molecule has 0 saturated carbocycles. The van der Waals surface area contributed by atoms with Crippen molar-refractivity contribution in [3.8, 4) is 0 Å². The second-order valence-corrected chi connectivity index (χ2v) is 7.79. The van der Waals surface area contributed by atoms with Gasteiger partial charge in [-0.1, -0.05) is 49.4 Å². The largest absolute Gasteiger partial charge is 0.463 e. The Balaban J connectivity index is 2.09. The highest BCUT2D eigenvalue weighted by atomic mass is 32.2. The van der Waals surface area contributed by atoms with Crippen LogP contribution < -0.4 is 5.32 Å². The molecule has 1 atom stereocenters. The van der Waals surface area contributed by atoms with Crippen LogP contribution in [0.1, 0.15) is 54.7 Å². The molecule has 0 aromatic heterocycles. The van der Waals surface area contributed by atoms with Gasteiger partial charge in [0.15, 0.2) is 0 Å². The van der Waals surface area contributed by atoms with Crippen LogP contribution in [-0.2, 0) is 15.3 Å². The van der Waals surface area contributed by atoms with Crippen molar-refractivity contribution in [1.82, 2.24) is 5.32 Å². The van der Waals surface area contributed by atoms with Crippen molar-refractivity contribution in [3.63, 3.8) is 0 Å². The normalized spacial score (nSPS) is 11.9. The number of carbonyl (C=O) groups is 2. The Morgan fingerprint density at radius 1 is 1.04 bits per heavy atom. The summed E-state index contributed by atoms with van der Waals surface area (Å²) in [5.74, 6) is 1.47. The zero-order valence-corrected chi connectivity index (χ0v) is 16.9. The van der Waals surface area contributed by atoms with Crippen LogP contribution in [0.5, 0.6) is 0 Å². The van der Waals surface area contributed by atoms with E-state index in [1.807, 2.05) is 80.2 Å². The Morgan fingerprint density at radius 3 is 2.30 bits per heavy atom. The average molecular weight is 386 g/mol. The molecule has 2 aromatic carbocycles. The summed E-state index contributed by atoms with van der Waals surface area (Å²) < 4.78 is 5.25. The Bertz CT molecular complexity index is 729. The van der Waals surface area contributed by atoms with Gasteiger partial charge in [0.1, 0.15) is 0 Å². The first-order chi connectivity index (χ1) is 13.0. The predicted molar refractivity (Wildman–Crippen MR) is 111 cm³/mol. The summed E-state index contributed by atoms with van der Waals surface area (Å²) in [6, 6.07) is 16.7. The molecule has 27 heavy (non-hydrogen) atoms. The standard InChI is InChI=1S/C22H27NO3S/c1-4-27-15-17-10-12-19(13-11-17)22(25)23-20(14-21(24)26-16(2)3)18-8-6-5-7-9-18/h5-13,16,20H,4,14-15H2,1-3H3,(H,23,25). The minimum absolute atomic E-state index is 0.0964. The monoisotopic (exact) mass is 385 g/mol. The first-order valence-corrected chi connectivity index (χ1v) is 10.4. The molecule has 2 rings (SSSR count). The maximum Gasteiger partial charge on any atom is 0.308 e. The van der Waals surface area contributed by atoms with E-state index in [0.29, 0.717) is 5.56 Å². The number of benzene rings is 2. The highest BCUT2D eigenvalue weighted by Crippen LogP contribution is 2.19. The Hall–Kier alpha value is -2.27. The van der Waals surface area contributed by atoms with Crippen LogP contribution in [0.25, 0.3) is 0 Å². The molecule has 1 amide bonds. The van der Waals surface area contributed by atoms with Crippen LogP contribution >= 0.6 is 11.8 Å². The quantitative estimate of drug-likeness (QED) is 0.633. The van der Waals surface area contributed by atoms with Crippen molar-refractivity contribution in [2.45, 2.75) is 45.1 Å². The lowest BCUT2D eigenvalue weighted by molar-refractivity contribution is -0.147. The first-order valence-electron chi connectivity index (χ1n) is 9.21. The zero-order valence-electron chi connectivity index (χ0n) is 16.1. The fourth-order valence-corrected chi connectivity index (χ4v) is 3.26. The van der Waals surface area contributed by atoms with Crippen molar-refractivity contribution < 1.29 is 14.3 Å². The fourth-order valence-electron chi connectivity index (χ4n) is 2.63. The van der Waals surface area contributed by atoms with Crippen molar-refractivity contribution in [1.29, 1.82) is 0 Å². The highest BCUT2D eigenvalue weighted by molar-refractivity contribution is 7.98. The van der Waals surface area contributed by atoms with E-state index in [1.54, 1.807) is 0 Å². The van der Waals surface area contributed by atoms with Crippen molar-refractivity contribution in [2.24, 2.45) is 0 Å². The second kappa shape index (κ2) is 10.8. The number of ether oxygens (including phenoxy) is 1. The number of thioether (sulfide) groups is 1. The number of nitrogens with one attached hydrogen (secondary N) is 1. The first kappa shape index (κ1) is 21.0. The van der Waals surface area contributed by atoms with E-state index in [-0.39, 0.29) is 24.4 Å². The lowest BCUT2D eigenvalue weighted by Gasteiger charge is -2.19. The van der Waals surface area contributed by atoms with E-state index in [4.69, 9.17) is 4.74 Å². The molecular weight excluding hydrogens is 358 g/mol. The zero-order chi connectivity index (χ0) is 19.6. The van der Waals surface area contributed by atoms with Gasteiger partial charge in [-0.25, -0.2) is 0 Å². The second-order valence-electron chi connectivity index (χ2n) is 6.51. The van der Waals surface area contributed by atoms with Gasteiger partial charge in [-0.05, 0) is 42.9 Å². The third-order valence-corrected chi connectivity index (χ3v) is 4.88. The number of amides is 1. The van der Waals surface area contributed by atoms with Crippen LogP contribution in [0.3, 0.4) is 0 Å². The van der Waals surface area contributed by atoms with Crippen LogP contribution in [0, 0.1) is 0 Å². The molecule has 0 fully saturated rings. The maximum absolute atomic E-state index is 12.7. The molecule has 0 aliphatic carbocycles. The van der Waals surface area contributed by atoms with Crippen molar-refractivity contribution in [3.05, 3.63) is 71.3 Å². The number of hydrogen-bond acceptors (Lipinski definition) is 4. The van der Waals surface area contributed by atoms with Gasteiger partial charge in [-0.15, -0.1) is 0 Å². The molecule has 1 N–H and O–H groups in total. The number of hydrogen-bond donors (Lipinski definition) is 1. The number of esters is 1. The van der Waals surface area contributed by atoms with Crippen LogP contribution in [-0.4, -0.2) is 23.7 Å².